The summed E-state index contributed by atoms with van der Waals surface area (Å²) in [6.45, 7) is 6.50. The minimum atomic E-state index is -4.60. The number of amides is 2. The third-order valence-electron chi connectivity index (χ3n) is 7.13. The van der Waals surface area contributed by atoms with Gasteiger partial charge >= 0.3 is 12.3 Å². The summed E-state index contributed by atoms with van der Waals surface area (Å²) in [5.74, 6) is -0.892. The van der Waals surface area contributed by atoms with Crippen molar-refractivity contribution in [2.75, 3.05) is 31.6 Å². The molecule has 1 saturated heterocycles. The van der Waals surface area contributed by atoms with E-state index in [4.69, 9.17) is 9.47 Å². The Kier molecular flexibility index (Phi) is 8.65. The van der Waals surface area contributed by atoms with Gasteiger partial charge in [0.05, 0.1) is 24.5 Å². The Labute approximate surface area is 247 Å². The fourth-order valence-corrected chi connectivity index (χ4v) is 5.81. The molecule has 2 aromatic rings. The van der Waals surface area contributed by atoms with E-state index < -0.39 is 38.0 Å². The topological polar surface area (TPSA) is 67.9 Å². The number of hydrogen-bond donors (Lipinski definition) is 1. The number of benzene rings is 2. The van der Waals surface area contributed by atoms with Crippen molar-refractivity contribution >= 4 is 49.5 Å². The highest BCUT2D eigenvalue weighted by molar-refractivity contribution is 9.25. The van der Waals surface area contributed by atoms with E-state index in [9.17, 15) is 27.2 Å². The lowest BCUT2D eigenvalue weighted by Gasteiger charge is -2.42. The lowest BCUT2D eigenvalue weighted by Crippen LogP contribution is -2.48. The summed E-state index contributed by atoms with van der Waals surface area (Å²) in [4.78, 5) is 26.6. The summed E-state index contributed by atoms with van der Waals surface area (Å²) in [6, 6.07) is 8.12. The summed E-state index contributed by atoms with van der Waals surface area (Å²) in [6.07, 6.45) is -3.82. The lowest BCUT2D eigenvalue weighted by molar-refractivity contribution is -0.137. The van der Waals surface area contributed by atoms with Crippen LogP contribution in [0.15, 0.2) is 36.4 Å². The molecule has 2 aliphatic rings. The van der Waals surface area contributed by atoms with Crippen LogP contribution in [0.1, 0.15) is 55.9 Å². The van der Waals surface area contributed by atoms with Crippen LogP contribution in [-0.2, 0) is 35.5 Å². The van der Waals surface area contributed by atoms with Gasteiger partial charge in [0.1, 0.15) is 11.4 Å². The normalized spacial score (nSPS) is 18.3. The van der Waals surface area contributed by atoms with Gasteiger partial charge < -0.3 is 19.7 Å². The molecule has 0 aliphatic carbocycles. The van der Waals surface area contributed by atoms with Gasteiger partial charge in [-0.3, -0.25) is 4.79 Å². The highest BCUT2D eigenvalue weighted by Gasteiger charge is 2.46. The van der Waals surface area contributed by atoms with Gasteiger partial charge in [0.2, 0.25) is 0 Å². The van der Waals surface area contributed by atoms with Gasteiger partial charge in [-0.2, -0.15) is 13.2 Å². The largest absolute Gasteiger partial charge is 0.444 e. The van der Waals surface area contributed by atoms with Crippen molar-refractivity contribution in [2.24, 2.45) is 0 Å². The number of hydrogen-bond acceptors (Lipinski definition) is 4. The Hall–Kier alpha value is -2.18. The first-order valence-corrected chi connectivity index (χ1v) is 14.4. The van der Waals surface area contributed by atoms with Crippen LogP contribution in [-0.4, -0.2) is 48.8 Å². The number of nitrogens with one attached hydrogen (secondary N) is 1. The molecule has 218 valence electrons. The molecule has 40 heavy (non-hydrogen) atoms. The number of nitrogens with zero attached hydrogens (tertiary/aromatic N) is 1. The van der Waals surface area contributed by atoms with Crippen molar-refractivity contribution in [3.63, 3.8) is 0 Å². The van der Waals surface area contributed by atoms with Crippen LogP contribution in [0, 0.1) is 5.82 Å². The molecule has 2 amide bonds. The van der Waals surface area contributed by atoms with Crippen molar-refractivity contribution in [2.45, 2.75) is 60.5 Å². The molecule has 2 aliphatic heterocycles. The smallest absolute Gasteiger partial charge is 0.416 e. The molecule has 6 nitrogen and oxygen atoms in total. The molecule has 12 heteroatoms. The van der Waals surface area contributed by atoms with E-state index in [1.54, 1.807) is 37.8 Å². The average molecular weight is 694 g/mol. The number of fused-ring (bicyclic) bond motifs is 1. The number of carbonyl (C=O) groups is 2. The SMILES string of the molecule is CC(C)(C)OC(=O)N1CCC(COCCc2cc(C(F)(F)F)cc3c2NC(=O)C3(Br)Br)(c2ccc(F)cc2)CC1. The molecule has 0 unspecified atom stereocenters. The van der Waals surface area contributed by atoms with E-state index in [-0.39, 0.29) is 31.0 Å². The van der Waals surface area contributed by atoms with E-state index in [0.29, 0.717) is 37.2 Å². The third-order valence-corrected chi connectivity index (χ3v) is 8.71. The number of anilines is 1. The molecule has 0 radical (unpaired) electrons. The number of halogens is 6. The highest BCUT2D eigenvalue weighted by atomic mass is 79.9. The maximum Gasteiger partial charge on any atom is 0.416 e. The Balaban J connectivity index is 1.50. The number of alkyl halides is 5. The van der Waals surface area contributed by atoms with Crippen molar-refractivity contribution in [1.82, 2.24) is 4.90 Å². The first-order chi connectivity index (χ1) is 18.5. The van der Waals surface area contributed by atoms with Gasteiger partial charge in [-0.25, -0.2) is 9.18 Å². The maximum absolute atomic E-state index is 13.7. The van der Waals surface area contributed by atoms with E-state index in [1.807, 2.05) is 0 Å². The Morgan fingerprint density at radius 3 is 2.27 bits per heavy atom. The van der Waals surface area contributed by atoms with Crippen LogP contribution in [0.2, 0.25) is 0 Å². The molecule has 1 fully saturated rings. The molecule has 0 saturated carbocycles. The molecule has 2 heterocycles. The van der Waals surface area contributed by atoms with Gasteiger partial charge in [0, 0.05) is 24.1 Å². The van der Waals surface area contributed by atoms with Gasteiger partial charge in [-0.15, -0.1) is 0 Å². The zero-order valence-electron chi connectivity index (χ0n) is 22.3. The van der Waals surface area contributed by atoms with Crippen LogP contribution in [0.3, 0.4) is 0 Å². The molecule has 0 aromatic heterocycles. The standard InChI is InChI=1S/C28H30Br2F4N2O4/c1-25(2,3)40-24(38)36-11-9-26(10-12-36,18-4-6-20(31)7-5-18)16-39-13-8-17-14-19(28(32,33)34)15-21-22(17)35-23(37)27(21,29)30/h4-7,14-15H,8-13,16H2,1-3H3,(H,35,37). The van der Waals surface area contributed by atoms with E-state index in [0.717, 1.165) is 17.7 Å². The van der Waals surface area contributed by atoms with Gasteiger partial charge in [-0.1, -0.05) is 44.0 Å². The molecule has 4 rings (SSSR count). The quantitative estimate of drug-likeness (QED) is 0.196. The highest BCUT2D eigenvalue weighted by Crippen LogP contribution is 2.50. The monoisotopic (exact) mass is 692 g/mol. The number of likely N-dealkylation sites (tertiary alicyclic amines) is 1. The minimum absolute atomic E-state index is 0.0833. The molecule has 0 spiro atoms. The zero-order chi connectivity index (χ0) is 29.5. The molecular weight excluding hydrogens is 664 g/mol. The molecule has 2 aromatic carbocycles. The number of ether oxygens (including phenoxy) is 2. The van der Waals surface area contributed by atoms with Gasteiger partial charge in [0.25, 0.3) is 5.91 Å². The first-order valence-electron chi connectivity index (χ1n) is 12.8. The summed E-state index contributed by atoms with van der Waals surface area (Å²) in [5, 5.41) is 2.65. The zero-order valence-corrected chi connectivity index (χ0v) is 25.4. The Bertz CT molecular complexity index is 1270. The molecule has 0 bridgehead atoms. The lowest BCUT2D eigenvalue weighted by atomic mass is 9.73. The Morgan fingerprint density at radius 2 is 1.70 bits per heavy atom. The van der Waals surface area contributed by atoms with E-state index >= 15 is 0 Å². The summed E-state index contributed by atoms with van der Waals surface area (Å²) in [7, 11) is 0. The summed E-state index contributed by atoms with van der Waals surface area (Å²) in [5.41, 5.74) is -0.398. The second kappa shape index (κ2) is 11.2. The number of piperidine rings is 1. The van der Waals surface area contributed by atoms with Crippen molar-refractivity contribution in [3.8, 4) is 0 Å². The second-order valence-electron chi connectivity index (χ2n) is 11.1. The van der Waals surface area contributed by atoms with Crippen molar-refractivity contribution in [1.29, 1.82) is 0 Å². The number of rotatable bonds is 6. The molecule has 1 N–H and O–H groups in total. The van der Waals surface area contributed by atoms with E-state index in [2.05, 4.69) is 37.2 Å². The van der Waals surface area contributed by atoms with Crippen LogP contribution in [0.25, 0.3) is 0 Å². The van der Waals surface area contributed by atoms with Crippen molar-refractivity contribution in [3.05, 3.63) is 64.5 Å². The van der Waals surface area contributed by atoms with Crippen LogP contribution in [0.5, 0.6) is 0 Å². The van der Waals surface area contributed by atoms with Crippen LogP contribution >= 0.6 is 31.9 Å². The third kappa shape index (κ3) is 6.65. The Morgan fingerprint density at radius 1 is 1.07 bits per heavy atom. The second-order valence-corrected chi connectivity index (χ2v) is 14.6. The van der Waals surface area contributed by atoms with Gasteiger partial charge in [-0.05, 0) is 75.4 Å². The fourth-order valence-electron chi connectivity index (χ4n) is 4.99. The van der Waals surface area contributed by atoms with Crippen molar-refractivity contribution < 1.29 is 36.6 Å². The number of carbonyl (C=O) groups excluding carboxylic acids is 2. The van der Waals surface area contributed by atoms with Crippen LogP contribution < -0.4 is 5.32 Å². The fraction of sp³-hybridized carbons (Fsp3) is 0.500. The predicted octanol–water partition coefficient (Wildman–Crippen LogP) is 7.27. The molecule has 0 atom stereocenters. The van der Waals surface area contributed by atoms with Gasteiger partial charge in [0.15, 0.2) is 3.23 Å². The summed E-state index contributed by atoms with van der Waals surface area (Å²) >= 11 is 6.37. The molecular formula is C28H30Br2F4N2O4. The van der Waals surface area contributed by atoms with E-state index in [1.165, 1.54) is 12.1 Å². The summed E-state index contributed by atoms with van der Waals surface area (Å²) < 4.78 is 64.7. The average Bonchev–Trinajstić information content (AvgIpc) is 3.09. The van der Waals surface area contributed by atoms with Crippen LogP contribution in [0.4, 0.5) is 28.0 Å². The predicted molar refractivity (Wildman–Crippen MR) is 149 cm³/mol. The first kappa shape index (κ1) is 30.8. The minimum Gasteiger partial charge on any atom is -0.444 e. The maximum atomic E-state index is 13.7.